The summed E-state index contributed by atoms with van der Waals surface area (Å²) in [5.41, 5.74) is 0. The number of hydrogen-bond acceptors (Lipinski definition) is 15. The maximum Gasteiger partial charge on any atom is 0.472 e. The van der Waals surface area contributed by atoms with Crippen LogP contribution in [0, 0.1) is 23.7 Å². The van der Waals surface area contributed by atoms with Gasteiger partial charge in [0.05, 0.1) is 26.4 Å². The van der Waals surface area contributed by atoms with Gasteiger partial charge in [0.2, 0.25) is 0 Å². The molecule has 19 heteroatoms. The summed E-state index contributed by atoms with van der Waals surface area (Å²) in [5, 5.41) is 10.6. The summed E-state index contributed by atoms with van der Waals surface area (Å²) in [6, 6.07) is 0. The van der Waals surface area contributed by atoms with Crippen molar-refractivity contribution in [2.75, 3.05) is 39.6 Å². The van der Waals surface area contributed by atoms with Gasteiger partial charge in [0.25, 0.3) is 0 Å². The molecule has 0 saturated heterocycles. The molecule has 0 heterocycles. The van der Waals surface area contributed by atoms with Crippen LogP contribution in [-0.4, -0.2) is 96.7 Å². The van der Waals surface area contributed by atoms with Gasteiger partial charge in [-0.1, -0.05) is 293 Å². The van der Waals surface area contributed by atoms with Gasteiger partial charge in [0, 0.05) is 25.7 Å². The van der Waals surface area contributed by atoms with E-state index >= 15 is 0 Å². The predicted molar refractivity (Wildman–Crippen MR) is 358 cm³/mol. The Balaban J connectivity index is 5.19. The standard InChI is InChI=1S/C70H136O17P2/c1-9-63(8)49-41-33-28-29-37-45-53-70(75)87-66(57-80-67(72)50-42-34-25-18-16-14-12-10-11-13-15-17-22-30-38-46-60(2)3)59-85-89(78,79)83-55-64(71)54-82-88(76,77)84-58-65(86-69(74)52-44-36-27-21-24-32-40-48-62(6)7)56-81-68(73)51-43-35-26-20-19-23-31-39-47-61(4)5/h60-66,71H,9-59H2,1-8H3,(H,76,77)(H,78,79)/t63?,64?,65-,66-/m1/s1. The highest BCUT2D eigenvalue weighted by Crippen LogP contribution is 2.45. The second-order valence-corrected chi connectivity index (χ2v) is 29.8. The Morgan fingerprint density at radius 3 is 0.798 bits per heavy atom. The highest BCUT2D eigenvalue weighted by atomic mass is 31.2. The average molecular weight is 1310 g/mol. The summed E-state index contributed by atoms with van der Waals surface area (Å²) in [4.78, 5) is 72.5. The number of carbonyl (C=O) groups excluding carboxylic acids is 4. The summed E-state index contributed by atoms with van der Waals surface area (Å²) in [6.07, 6.45) is 41.9. The maximum atomic E-state index is 13.0. The zero-order valence-electron chi connectivity index (χ0n) is 58.1. The predicted octanol–water partition coefficient (Wildman–Crippen LogP) is 19.7. The van der Waals surface area contributed by atoms with Crippen LogP contribution in [0.4, 0.5) is 0 Å². The van der Waals surface area contributed by atoms with E-state index in [9.17, 15) is 43.2 Å². The first-order valence-electron chi connectivity index (χ1n) is 36.2. The molecule has 89 heavy (non-hydrogen) atoms. The van der Waals surface area contributed by atoms with E-state index in [0.717, 1.165) is 108 Å². The number of unbranched alkanes of at least 4 members (excludes halogenated alkanes) is 32. The molecule has 6 atom stereocenters. The van der Waals surface area contributed by atoms with Crippen molar-refractivity contribution in [3.63, 3.8) is 0 Å². The quantitative estimate of drug-likeness (QED) is 0.0222. The van der Waals surface area contributed by atoms with Gasteiger partial charge in [-0.05, 0) is 49.4 Å². The Morgan fingerprint density at radius 1 is 0.315 bits per heavy atom. The van der Waals surface area contributed by atoms with Gasteiger partial charge in [-0.25, -0.2) is 9.13 Å². The second-order valence-electron chi connectivity index (χ2n) is 26.9. The molecule has 0 bridgehead atoms. The molecular weight excluding hydrogens is 1170 g/mol. The molecule has 528 valence electrons. The first kappa shape index (κ1) is 87.1. The van der Waals surface area contributed by atoms with Gasteiger partial charge in [0.15, 0.2) is 12.2 Å². The molecule has 17 nitrogen and oxygen atoms in total. The van der Waals surface area contributed by atoms with Crippen LogP contribution in [0.5, 0.6) is 0 Å². The second kappa shape index (κ2) is 59.8. The molecule has 0 aromatic carbocycles. The summed E-state index contributed by atoms with van der Waals surface area (Å²) in [6.45, 7) is 14.0. The Hall–Kier alpha value is -1.94. The molecule has 0 aliphatic heterocycles. The third-order valence-corrected chi connectivity index (χ3v) is 18.3. The number of rotatable bonds is 67. The Morgan fingerprint density at radius 2 is 0.539 bits per heavy atom. The Kier molecular flexibility index (Phi) is 58.5. The lowest BCUT2D eigenvalue weighted by Crippen LogP contribution is -2.30. The highest BCUT2D eigenvalue weighted by molar-refractivity contribution is 7.47. The molecule has 0 spiro atoms. The normalized spacial score (nSPS) is 14.6. The van der Waals surface area contributed by atoms with E-state index in [-0.39, 0.29) is 25.7 Å². The van der Waals surface area contributed by atoms with E-state index < -0.39 is 97.5 Å². The van der Waals surface area contributed by atoms with Crippen molar-refractivity contribution in [2.24, 2.45) is 23.7 Å². The topological polar surface area (TPSA) is 237 Å². The van der Waals surface area contributed by atoms with E-state index in [1.165, 1.54) is 148 Å². The van der Waals surface area contributed by atoms with Crippen molar-refractivity contribution < 1.29 is 80.2 Å². The van der Waals surface area contributed by atoms with Crippen LogP contribution < -0.4 is 0 Å². The van der Waals surface area contributed by atoms with Crippen molar-refractivity contribution in [3.8, 4) is 0 Å². The van der Waals surface area contributed by atoms with Crippen molar-refractivity contribution in [3.05, 3.63) is 0 Å². The van der Waals surface area contributed by atoms with Crippen LogP contribution >= 0.6 is 15.6 Å². The number of phosphoric acid groups is 2. The van der Waals surface area contributed by atoms with Crippen LogP contribution in [0.2, 0.25) is 0 Å². The fourth-order valence-electron chi connectivity index (χ4n) is 10.5. The van der Waals surface area contributed by atoms with Gasteiger partial charge >= 0.3 is 39.5 Å². The zero-order valence-corrected chi connectivity index (χ0v) is 59.8. The molecular formula is C70H136O17P2. The average Bonchev–Trinajstić information content (AvgIpc) is 3.68. The lowest BCUT2D eigenvalue weighted by atomic mass is 10.00. The van der Waals surface area contributed by atoms with Gasteiger partial charge < -0.3 is 33.8 Å². The van der Waals surface area contributed by atoms with Crippen molar-refractivity contribution in [1.29, 1.82) is 0 Å². The van der Waals surface area contributed by atoms with Gasteiger partial charge in [-0.2, -0.15) is 0 Å². The zero-order chi connectivity index (χ0) is 66.1. The lowest BCUT2D eigenvalue weighted by Gasteiger charge is -2.21. The number of aliphatic hydroxyl groups is 1. The molecule has 3 N–H and O–H groups in total. The molecule has 0 fully saturated rings. The van der Waals surface area contributed by atoms with Crippen LogP contribution in [0.3, 0.4) is 0 Å². The van der Waals surface area contributed by atoms with Gasteiger partial charge in [-0.15, -0.1) is 0 Å². The molecule has 0 rings (SSSR count). The summed E-state index contributed by atoms with van der Waals surface area (Å²) in [5.74, 6) is 0.814. The monoisotopic (exact) mass is 1310 g/mol. The lowest BCUT2D eigenvalue weighted by molar-refractivity contribution is -0.161. The molecule has 0 saturated carbocycles. The van der Waals surface area contributed by atoms with Crippen LogP contribution in [0.15, 0.2) is 0 Å². The first-order valence-corrected chi connectivity index (χ1v) is 39.2. The summed E-state index contributed by atoms with van der Waals surface area (Å²) >= 11 is 0. The van der Waals surface area contributed by atoms with Gasteiger partial charge in [0.1, 0.15) is 19.3 Å². The fourth-order valence-corrected chi connectivity index (χ4v) is 12.0. The number of aliphatic hydroxyl groups excluding tert-OH is 1. The number of carbonyl (C=O) groups is 4. The van der Waals surface area contributed by atoms with E-state index in [1.807, 2.05) is 0 Å². The largest absolute Gasteiger partial charge is 0.472 e. The Bertz CT molecular complexity index is 1770. The third kappa shape index (κ3) is 63.2. The van der Waals surface area contributed by atoms with E-state index in [2.05, 4.69) is 55.4 Å². The number of hydrogen-bond donors (Lipinski definition) is 3. The fraction of sp³-hybridized carbons (Fsp3) is 0.943. The molecule has 0 amide bonds. The van der Waals surface area contributed by atoms with Crippen molar-refractivity contribution in [1.82, 2.24) is 0 Å². The highest BCUT2D eigenvalue weighted by Gasteiger charge is 2.30. The molecule has 4 unspecified atom stereocenters. The minimum Gasteiger partial charge on any atom is -0.462 e. The molecule has 0 radical (unpaired) electrons. The maximum absolute atomic E-state index is 13.0. The first-order chi connectivity index (χ1) is 42.6. The Labute approximate surface area is 543 Å². The number of phosphoric ester groups is 2. The van der Waals surface area contributed by atoms with Crippen molar-refractivity contribution in [2.45, 2.75) is 363 Å². The summed E-state index contributed by atoms with van der Waals surface area (Å²) < 4.78 is 68.2. The van der Waals surface area contributed by atoms with E-state index in [4.69, 9.17) is 37.0 Å². The minimum atomic E-state index is -4.95. The third-order valence-electron chi connectivity index (χ3n) is 16.4. The van der Waals surface area contributed by atoms with Crippen LogP contribution in [-0.2, 0) is 65.4 Å². The van der Waals surface area contributed by atoms with Crippen molar-refractivity contribution >= 4 is 39.5 Å². The van der Waals surface area contributed by atoms with E-state index in [1.54, 1.807) is 0 Å². The van der Waals surface area contributed by atoms with Crippen LogP contribution in [0.1, 0.15) is 344 Å². The number of ether oxygens (including phenoxy) is 4. The van der Waals surface area contributed by atoms with Crippen LogP contribution in [0.25, 0.3) is 0 Å². The van der Waals surface area contributed by atoms with E-state index in [0.29, 0.717) is 31.6 Å². The van der Waals surface area contributed by atoms with Gasteiger partial charge in [-0.3, -0.25) is 37.3 Å². The molecule has 0 aromatic heterocycles. The smallest absolute Gasteiger partial charge is 0.462 e. The molecule has 0 aromatic rings. The summed E-state index contributed by atoms with van der Waals surface area (Å²) in [7, 11) is -9.90. The number of esters is 4. The minimum absolute atomic E-state index is 0.102. The molecule has 0 aliphatic rings. The SMILES string of the molecule is CCC(C)CCCCCCCCC(=O)O[C@H](COC(=O)CCCCCCCCCCCCCCCCCC(C)C)COP(=O)(O)OCC(O)COP(=O)(O)OC[C@@H](COC(=O)CCCCCCCCCCC(C)C)OC(=O)CCCCCCCCCC(C)C. The molecule has 0 aliphatic carbocycles.